The van der Waals surface area contributed by atoms with Gasteiger partial charge in [-0.15, -0.1) is 6.58 Å². The zero-order valence-electron chi connectivity index (χ0n) is 14.6. The molecule has 3 N–H and O–H groups in total. The molecule has 3 heterocycles. The third kappa shape index (κ3) is 1.95. The SMILES string of the molecule is C=CCN1C(=O)C2(C(C#N)=C(N)Oc3cc(C)[nH]c(=O)c32)c2ccccc21. The average Bonchev–Trinajstić information content (AvgIpc) is 2.85. The number of aromatic nitrogens is 1. The van der Waals surface area contributed by atoms with Crippen LogP contribution in [0, 0.1) is 18.3 Å². The summed E-state index contributed by atoms with van der Waals surface area (Å²) in [7, 11) is 0. The van der Waals surface area contributed by atoms with Crippen molar-refractivity contribution in [2.75, 3.05) is 11.4 Å². The molecule has 134 valence electrons. The number of carbonyl (C=O) groups excluding carboxylic acids is 1. The lowest BCUT2D eigenvalue weighted by Gasteiger charge is -2.33. The van der Waals surface area contributed by atoms with Gasteiger partial charge in [0.1, 0.15) is 17.4 Å². The number of nitrogens with zero attached hydrogens (tertiary/aromatic N) is 2. The molecule has 1 atom stereocenters. The Morgan fingerprint density at radius 3 is 2.85 bits per heavy atom. The van der Waals surface area contributed by atoms with Crippen LogP contribution in [0.1, 0.15) is 16.8 Å². The van der Waals surface area contributed by atoms with Gasteiger partial charge < -0.3 is 20.4 Å². The van der Waals surface area contributed by atoms with E-state index in [0.29, 0.717) is 16.9 Å². The number of aromatic amines is 1. The minimum Gasteiger partial charge on any atom is -0.440 e. The van der Waals surface area contributed by atoms with Gasteiger partial charge in [0, 0.05) is 29.6 Å². The third-order valence-electron chi connectivity index (χ3n) is 4.94. The van der Waals surface area contributed by atoms with Crippen molar-refractivity contribution in [1.29, 1.82) is 5.26 Å². The van der Waals surface area contributed by atoms with Gasteiger partial charge in [0.2, 0.25) is 11.8 Å². The van der Waals surface area contributed by atoms with Gasteiger partial charge in [-0.1, -0.05) is 24.3 Å². The van der Waals surface area contributed by atoms with Crippen LogP contribution >= 0.6 is 0 Å². The number of rotatable bonds is 2. The number of carbonyl (C=O) groups is 1. The zero-order chi connectivity index (χ0) is 19.3. The number of H-pyrrole nitrogens is 1. The molecular formula is C20H16N4O3. The zero-order valence-corrected chi connectivity index (χ0v) is 14.6. The molecule has 7 heteroatoms. The maximum absolute atomic E-state index is 13.7. The molecule has 7 nitrogen and oxygen atoms in total. The molecule has 0 saturated carbocycles. The number of ether oxygens (including phenoxy) is 1. The molecule has 0 bridgehead atoms. The van der Waals surface area contributed by atoms with E-state index < -0.39 is 16.9 Å². The predicted octanol–water partition coefficient (Wildman–Crippen LogP) is 1.59. The first-order chi connectivity index (χ1) is 13.0. The largest absolute Gasteiger partial charge is 0.440 e. The molecule has 0 radical (unpaired) electrons. The van der Waals surface area contributed by atoms with E-state index in [0.717, 1.165) is 0 Å². The summed E-state index contributed by atoms with van der Waals surface area (Å²) in [6.45, 7) is 5.64. The Balaban J connectivity index is 2.20. The van der Waals surface area contributed by atoms with Crippen molar-refractivity contribution >= 4 is 11.6 Å². The maximum Gasteiger partial charge on any atom is 0.256 e. The van der Waals surface area contributed by atoms with Crippen molar-refractivity contribution in [3.8, 4) is 11.8 Å². The van der Waals surface area contributed by atoms with Crippen LogP contribution in [0.2, 0.25) is 0 Å². The van der Waals surface area contributed by atoms with Crippen molar-refractivity contribution in [2.45, 2.75) is 12.3 Å². The fourth-order valence-electron chi connectivity index (χ4n) is 3.96. The van der Waals surface area contributed by atoms with E-state index >= 15 is 0 Å². The van der Waals surface area contributed by atoms with E-state index in [4.69, 9.17) is 10.5 Å². The molecule has 1 unspecified atom stereocenters. The number of anilines is 1. The number of pyridine rings is 1. The lowest BCUT2D eigenvalue weighted by molar-refractivity contribution is -0.120. The van der Waals surface area contributed by atoms with Gasteiger partial charge in [-0.3, -0.25) is 9.59 Å². The first kappa shape index (κ1) is 16.7. The van der Waals surface area contributed by atoms with Crippen molar-refractivity contribution in [1.82, 2.24) is 4.98 Å². The van der Waals surface area contributed by atoms with Crippen LogP contribution < -0.4 is 20.9 Å². The Morgan fingerprint density at radius 1 is 1.41 bits per heavy atom. The van der Waals surface area contributed by atoms with Crippen molar-refractivity contribution < 1.29 is 9.53 Å². The summed E-state index contributed by atoms with van der Waals surface area (Å²) in [6.07, 6.45) is 1.59. The van der Waals surface area contributed by atoms with Gasteiger partial charge in [0.05, 0.1) is 5.56 Å². The van der Waals surface area contributed by atoms with E-state index in [-0.39, 0.29) is 29.3 Å². The minimum atomic E-state index is -1.65. The minimum absolute atomic E-state index is 0.0721. The Kier molecular flexibility index (Phi) is 3.46. The fourth-order valence-corrected chi connectivity index (χ4v) is 3.96. The molecule has 2 aliphatic heterocycles. The molecule has 0 aliphatic carbocycles. The van der Waals surface area contributed by atoms with Gasteiger partial charge in [-0.05, 0) is 13.0 Å². The summed E-state index contributed by atoms with van der Waals surface area (Å²) >= 11 is 0. The molecular weight excluding hydrogens is 344 g/mol. The van der Waals surface area contributed by atoms with Crippen LogP contribution in [-0.2, 0) is 10.2 Å². The number of aryl methyl sites for hydroxylation is 1. The van der Waals surface area contributed by atoms with E-state index in [9.17, 15) is 14.9 Å². The van der Waals surface area contributed by atoms with Crippen molar-refractivity contribution in [2.24, 2.45) is 5.73 Å². The molecule has 2 aromatic rings. The average molecular weight is 360 g/mol. The number of nitriles is 1. The summed E-state index contributed by atoms with van der Waals surface area (Å²) in [5.74, 6) is -0.433. The van der Waals surface area contributed by atoms with Crippen LogP contribution in [0.15, 0.2) is 59.2 Å². The number of para-hydroxylation sites is 1. The number of hydrogen-bond donors (Lipinski definition) is 2. The monoisotopic (exact) mass is 360 g/mol. The second kappa shape index (κ2) is 5.61. The molecule has 27 heavy (non-hydrogen) atoms. The normalized spacial score (nSPS) is 20.1. The summed E-state index contributed by atoms with van der Waals surface area (Å²) in [6, 6.07) is 10.7. The highest BCUT2D eigenvalue weighted by Crippen LogP contribution is 2.53. The molecule has 4 rings (SSSR count). The molecule has 0 fully saturated rings. The van der Waals surface area contributed by atoms with Crippen molar-refractivity contribution in [3.05, 3.63) is 81.6 Å². The van der Waals surface area contributed by atoms with Crippen LogP contribution in [0.25, 0.3) is 0 Å². The number of benzene rings is 1. The molecule has 2 aliphatic rings. The molecule has 1 spiro atoms. The summed E-state index contributed by atoms with van der Waals surface area (Å²) in [4.78, 5) is 30.8. The first-order valence-electron chi connectivity index (χ1n) is 8.31. The molecule has 1 aromatic carbocycles. The predicted molar refractivity (Wildman–Crippen MR) is 99.0 cm³/mol. The first-order valence-corrected chi connectivity index (χ1v) is 8.31. The van der Waals surface area contributed by atoms with Crippen LogP contribution in [-0.4, -0.2) is 17.4 Å². The number of hydrogen-bond acceptors (Lipinski definition) is 5. The van der Waals surface area contributed by atoms with Gasteiger partial charge in [-0.25, -0.2) is 0 Å². The Hall–Kier alpha value is -3.79. The number of nitrogens with one attached hydrogen (secondary N) is 1. The van der Waals surface area contributed by atoms with Crippen molar-refractivity contribution in [3.63, 3.8) is 0 Å². The lowest BCUT2D eigenvalue weighted by atomic mass is 9.69. The quantitative estimate of drug-likeness (QED) is 0.790. The maximum atomic E-state index is 13.7. The van der Waals surface area contributed by atoms with Crippen LogP contribution in [0.5, 0.6) is 5.75 Å². The summed E-state index contributed by atoms with van der Waals surface area (Å²) < 4.78 is 5.57. The molecule has 1 aromatic heterocycles. The summed E-state index contributed by atoms with van der Waals surface area (Å²) in [5, 5.41) is 9.85. The van der Waals surface area contributed by atoms with E-state index in [1.807, 2.05) is 6.07 Å². The number of nitrogens with two attached hydrogens (primary N) is 1. The van der Waals surface area contributed by atoms with Gasteiger partial charge in [-0.2, -0.15) is 5.26 Å². The second-order valence-electron chi connectivity index (χ2n) is 6.45. The second-order valence-corrected chi connectivity index (χ2v) is 6.45. The van der Waals surface area contributed by atoms with Crippen LogP contribution in [0.3, 0.4) is 0 Å². The topological polar surface area (TPSA) is 112 Å². The highest BCUT2D eigenvalue weighted by molar-refractivity contribution is 6.14. The number of amides is 1. The number of fused-ring (bicyclic) bond motifs is 4. The third-order valence-corrected chi connectivity index (χ3v) is 4.94. The van der Waals surface area contributed by atoms with E-state index in [1.54, 1.807) is 43.3 Å². The molecule has 0 saturated heterocycles. The fraction of sp³-hybridized carbons (Fsp3) is 0.150. The Labute approximate surface area is 155 Å². The lowest BCUT2D eigenvalue weighted by Crippen LogP contribution is -2.49. The van der Waals surface area contributed by atoms with Gasteiger partial charge in [0.25, 0.3) is 5.56 Å². The van der Waals surface area contributed by atoms with Gasteiger partial charge in [0.15, 0.2) is 5.41 Å². The summed E-state index contributed by atoms with van der Waals surface area (Å²) in [5.41, 5.74) is 5.56. The Bertz CT molecular complexity index is 1140. The van der Waals surface area contributed by atoms with E-state index in [2.05, 4.69) is 11.6 Å². The smallest absolute Gasteiger partial charge is 0.256 e. The standard InChI is InChI=1S/C20H16N4O3/c1-3-8-24-14-7-5-4-6-12(14)20(19(24)26)13(10-21)17(22)27-15-9-11(2)23-18(25)16(15)20/h3-7,9H,1,8,22H2,2H3,(H,23,25). The van der Waals surface area contributed by atoms with Gasteiger partial charge >= 0.3 is 0 Å². The van der Waals surface area contributed by atoms with E-state index in [1.165, 1.54) is 4.90 Å². The highest BCUT2D eigenvalue weighted by Gasteiger charge is 2.60. The highest BCUT2D eigenvalue weighted by atomic mass is 16.5. The van der Waals surface area contributed by atoms with Crippen LogP contribution in [0.4, 0.5) is 5.69 Å². The Morgan fingerprint density at radius 2 is 2.15 bits per heavy atom. The molecule has 1 amide bonds.